The van der Waals surface area contributed by atoms with E-state index in [1.54, 1.807) is 0 Å². The van der Waals surface area contributed by atoms with Crippen LogP contribution in [0.2, 0.25) is 0 Å². The summed E-state index contributed by atoms with van der Waals surface area (Å²) in [6.45, 7) is 1.82. The van der Waals surface area contributed by atoms with E-state index in [2.05, 4.69) is 33.7 Å². The van der Waals surface area contributed by atoms with Crippen molar-refractivity contribution < 1.29 is 4.79 Å². The molecular weight excluding hydrogens is 312 g/mol. The van der Waals surface area contributed by atoms with Gasteiger partial charge in [0.1, 0.15) is 0 Å². The van der Waals surface area contributed by atoms with Crippen molar-refractivity contribution in [2.45, 2.75) is 32.2 Å². The molecule has 0 radical (unpaired) electrons. The average Bonchev–Trinajstić information content (AvgIpc) is 3.05. The third kappa shape index (κ3) is 3.05. The van der Waals surface area contributed by atoms with Gasteiger partial charge in [-0.05, 0) is 49.4 Å². The minimum atomic E-state index is -0.165. The number of nitrogens with zero attached hydrogens (tertiary/aromatic N) is 3. The summed E-state index contributed by atoms with van der Waals surface area (Å²) in [6, 6.07) is 18.0. The second kappa shape index (κ2) is 6.51. The number of hydrogen-bond donors (Lipinski definition) is 1. The van der Waals surface area contributed by atoms with Crippen molar-refractivity contribution in [3.05, 3.63) is 77.1 Å². The van der Waals surface area contributed by atoms with Crippen molar-refractivity contribution in [1.82, 2.24) is 20.3 Å². The van der Waals surface area contributed by atoms with Crippen LogP contribution in [-0.2, 0) is 6.42 Å². The molecule has 2 aromatic carbocycles. The summed E-state index contributed by atoms with van der Waals surface area (Å²) in [7, 11) is 0. The summed E-state index contributed by atoms with van der Waals surface area (Å²) >= 11 is 0. The van der Waals surface area contributed by atoms with Crippen LogP contribution in [0.15, 0.2) is 54.6 Å². The van der Waals surface area contributed by atoms with Crippen LogP contribution >= 0.6 is 0 Å². The Hall–Kier alpha value is -2.95. The number of hydrogen-bond acceptors (Lipinski definition) is 3. The second-order valence-corrected chi connectivity index (χ2v) is 6.38. The molecule has 0 saturated carbocycles. The first-order chi connectivity index (χ1) is 12.2. The summed E-state index contributed by atoms with van der Waals surface area (Å²) in [5.74, 6) is -0.165. The van der Waals surface area contributed by atoms with E-state index in [9.17, 15) is 4.79 Å². The van der Waals surface area contributed by atoms with Crippen LogP contribution in [-0.4, -0.2) is 20.9 Å². The summed E-state index contributed by atoms with van der Waals surface area (Å²) in [4.78, 5) is 14.3. The zero-order chi connectivity index (χ0) is 17.2. The van der Waals surface area contributed by atoms with E-state index >= 15 is 0 Å². The molecule has 5 nitrogen and oxygen atoms in total. The van der Waals surface area contributed by atoms with Crippen LogP contribution in [0.3, 0.4) is 0 Å². The topological polar surface area (TPSA) is 59.8 Å². The quantitative estimate of drug-likeness (QED) is 0.800. The van der Waals surface area contributed by atoms with Crippen molar-refractivity contribution in [3.63, 3.8) is 0 Å². The minimum Gasteiger partial charge on any atom is -0.344 e. The fraction of sp³-hybridized carbons (Fsp3) is 0.250. The Balaban J connectivity index is 1.58. The van der Waals surface area contributed by atoms with Gasteiger partial charge in [0.15, 0.2) is 5.69 Å². The molecule has 1 aromatic heterocycles. The Morgan fingerprint density at radius 1 is 1.08 bits per heavy atom. The number of carbonyl (C=O) groups is 1. The van der Waals surface area contributed by atoms with Crippen LogP contribution in [0.5, 0.6) is 0 Å². The van der Waals surface area contributed by atoms with Crippen molar-refractivity contribution >= 4 is 5.91 Å². The maximum atomic E-state index is 12.8. The van der Waals surface area contributed by atoms with Gasteiger partial charge >= 0.3 is 0 Å². The molecule has 0 fully saturated rings. The van der Waals surface area contributed by atoms with E-state index in [0.29, 0.717) is 11.4 Å². The maximum absolute atomic E-state index is 12.8. The molecule has 3 aromatic rings. The fourth-order valence-corrected chi connectivity index (χ4v) is 3.40. The van der Waals surface area contributed by atoms with Gasteiger partial charge < -0.3 is 5.32 Å². The largest absolute Gasteiger partial charge is 0.344 e. The number of para-hydroxylation sites is 1. The number of aryl methyl sites for hydroxylation is 2. The zero-order valence-corrected chi connectivity index (χ0v) is 14.1. The van der Waals surface area contributed by atoms with Gasteiger partial charge in [-0.15, -0.1) is 5.10 Å². The lowest BCUT2D eigenvalue weighted by Gasteiger charge is -2.26. The molecule has 5 heteroatoms. The number of aromatic nitrogens is 3. The Labute approximate surface area is 146 Å². The minimum absolute atomic E-state index is 0.0405. The van der Waals surface area contributed by atoms with Gasteiger partial charge in [0.05, 0.1) is 17.4 Å². The molecule has 25 heavy (non-hydrogen) atoms. The lowest BCUT2D eigenvalue weighted by molar-refractivity contribution is 0.0926. The Kier molecular flexibility index (Phi) is 4.06. The molecule has 126 valence electrons. The molecule has 1 amide bonds. The Morgan fingerprint density at radius 2 is 1.84 bits per heavy atom. The van der Waals surface area contributed by atoms with Crippen LogP contribution in [0.25, 0.3) is 5.69 Å². The summed E-state index contributed by atoms with van der Waals surface area (Å²) in [5.41, 5.74) is 4.39. The molecular formula is C20H20N4O. The molecule has 0 bridgehead atoms. The number of nitrogens with one attached hydrogen (secondary N) is 1. The highest BCUT2D eigenvalue weighted by atomic mass is 16.2. The van der Waals surface area contributed by atoms with Gasteiger partial charge in [-0.1, -0.05) is 42.5 Å². The van der Waals surface area contributed by atoms with Crippen molar-refractivity contribution in [2.75, 3.05) is 0 Å². The molecule has 4 rings (SSSR count). The van der Waals surface area contributed by atoms with Gasteiger partial charge in [0.2, 0.25) is 0 Å². The van der Waals surface area contributed by atoms with Crippen molar-refractivity contribution in [2.24, 2.45) is 0 Å². The maximum Gasteiger partial charge on any atom is 0.274 e. The highest BCUT2D eigenvalue weighted by Gasteiger charge is 2.24. The number of rotatable bonds is 3. The predicted octanol–water partition coefficient (Wildman–Crippen LogP) is 3.38. The van der Waals surface area contributed by atoms with Gasteiger partial charge in [0, 0.05) is 0 Å². The Morgan fingerprint density at radius 3 is 2.68 bits per heavy atom. The number of fused-ring (bicyclic) bond motifs is 1. The second-order valence-electron chi connectivity index (χ2n) is 6.38. The molecule has 0 unspecified atom stereocenters. The first kappa shape index (κ1) is 15.6. The van der Waals surface area contributed by atoms with Crippen molar-refractivity contribution in [3.8, 4) is 5.69 Å². The van der Waals surface area contributed by atoms with Crippen molar-refractivity contribution in [1.29, 1.82) is 0 Å². The highest BCUT2D eigenvalue weighted by molar-refractivity contribution is 5.93. The summed E-state index contributed by atoms with van der Waals surface area (Å²) in [5, 5.41) is 11.9. The lowest BCUT2D eigenvalue weighted by atomic mass is 9.87. The van der Waals surface area contributed by atoms with Crippen LogP contribution in [0, 0.1) is 6.92 Å². The highest BCUT2D eigenvalue weighted by Crippen LogP contribution is 2.29. The van der Waals surface area contributed by atoms with E-state index in [1.807, 2.05) is 43.3 Å². The normalized spacial score (nSPS) is 16.3. The SMILES string of the molecule is Cc1nn(-c2ccccc2)nc1C(=O)N[C@H]1CCCc2ccccc21. The van der Waals surface area contributed by atoms with E-state index in [0.717, 1.165) is 24.9 Å². The molecule has 0 saturated heterocycles. The standard InChI is InChI=1S/C20H20N4O/c1-14-19(23-24(22-14)16-10-3-2-4-11-16)20(25)21-18-13-7-9-15-8-5-6-12-17(15)18/h2-6,8,10-12,18H,7,9,13H2,1H3,(H,21,25)/t18-/m0/s1. The summed E-state index contributed by atoms with van der Waals surface area (Å²) in [6.07, 6.45) is 3.11. The number of carbonyl (C=O) groups excluding carboxylic acids is 1. The lowest BCUT2D eigenvalue weighted by Crippen LogP contribution is -2.31. The van der Waals surface area contributed by atoms with Gasteiger partial charge in [0.25, 0.3) is 5.91 Å². The third-order valence-corrected chi connectivity index (χ3v) is 4.66. The molecule has 0 spiro atoms. The molecule has 1 N–H and O–H groups in total. The molecule has 1 heterocycles. The number of amides is 1. The van der Waals surface area contributed by atoms with Gasteiger partial charge in [-0.2, -0.15) is 9.90 Å². The molecule has 1 atom stereocenters. The van der Waals surface area contributed by atoms with Crippen LogP contribution in [0.1, 0.15) is 46.2 Å². The smallest absolute Gasteiger partial charge is 0.274 e. The van der Waals surface area contributed by atoms with Crippen LogP contribution < -0.4 is 5.32 Å². The average molecular weight is 332 g/mol. The van der Waals surface area contributed by atoms with E-state index < -0.39 is 0 Å². The first-order valence-electron chi connectivity index (χ1n) is 8.60. The Bertz CT molecular complexity index is 901. The zero-order valence-electron chi connectivity index (χ0n) is 14.1. The molecule has 0 aliphatic heterocycles. The predicted molar refractivity (Wildman–Crippen MR) is 95.7 cm³/mol. The van der Waals surface area contributed by atoms with Crippen LogP contribution in [0.4, 0.5) is 0 Å². The van der Waals surface area contributed by atoms with E-state index in [1.165, 1.54) is 15.9 Å². The summed E-state index contributed by atoms with van der Waals surface area (Å²) < 4.78 is 0. The molecule has 1 aliphatic carbocycles. The fourth-order valence-electron chi connectivity index (χ4n) is 3.40. The number of benzene rings is 2. The van der Waals surface area contributed by atoms with E-state index in [4.69, 9.17) is 0 Å². The monoisotopic (exact) mass is 332 g/mol. The third-order valence-electron chi connectivity index (χ3n) is 4.66. The van der Waals surface area contributed by atoms with Gasteiger partial charge in [-0.25, -0.2) is 0 Å². The van der Waals surface area contributed by atoms with E-state index in [-0.39, 0.29) is 11.9 Å². The molecule has 1 aliphatic rings. The van der Waals surface area contributed by atoms with Gasteiger partial charge in [-0.3, -0.25) is 4.79 Å². The first-order valence-corrected chi connectivity index (χ1v) is 8.60.